The molecule has 0 atom stereocenters. The predicted molar refractivity (Wildman–Crippen MR) is 94.5 cm³/mol. The lowest BCUT2D eigenvalue weighted by Gasteiger charge is -2.14. The highest BCUT2D eigenvalue weighted by Gasteiger charge is 2.14. The zero-order valence-corrected chi connectivity index (χ0v) is 14.2. The van der Waals surface area contributed by atoms with E-state index in [0.717, 1.165) is 22.4 Å². The van der Waals surface area contributed by atoms with E-state index in [2.05, 4.69) is 35.2 Å². The lowest BCUT2D eigenvalue weighted by atomic mass is 10.1. The quantitative estimate of drug-likeness (QED) is 0.572. The van der Waals surface area contributed by atoms with Crippen LogP contribution in [0, 0.1) is 0 Å². The van der Waals surface area contributed by atoms with Crippen LogP contribution in [0.3, 0.4) is 0 Å². The van der Waals surface area contributed by atoms with Gasteiger partial charge >= 0.3 is 0 Å². The lowest BCUT2D eigenvalue weighted by molar-refractivity contribution is 0.261. The molecule has 8 heteroatoms. The van der Waals surface area contributed by atoms with Gasteiger partial charge in [0.05, 0.1) is 18.4 Å². The molecule has 0 aromatic carbocycles. The van der Waals surface area contributed by atoms with Crippen LogP contribution in [-0.2, 0) is 13.1 Å². The average molecular weight is 347 g/mol. The van der Waals surface area contributed by atoms with Crippen molar-refractivity contribution in [2.24, 2.45) is 0 Å². The summed E-state index contributed by atoms with van der Waals surface area (Å²) < 4.78 is 5.36. The molecule has 0 radical (unpaired) electrons. The van der Waals surface area contributed by atoms with Crippen molar-refractivity contribution in [3.8, 4) is 22.6 Å². The van der Waals surface area contributed by atoms with Crippen molar-refractivity contribution in [2.75, 3.05) is 7.05 Å². The first-order chi connectivity index (χ1) is 12.8. The third-order valence-electron chi connectivity index (χ3n) is 3.90. The molecular weight excluding hydrogens is 330 g/mol. The fourth-order valence-corrected chi connectivity index (χ4v) is 2.70. The number of hydrogen-bond acceptors (Lipinski definition) is 7. The summed E-state index contributed by atoms with van der Waals surface area (Å²) in [6, 6.07) is 7.65. The predicted octanol–water partition coefficient (Wildman–Crippen LogP) is 2.55. The van der Waals surface area contributed by atoms with E-state index in [1.807, 2.05) is 43.7 Å². The van der Waals surface area contributed by atoms with Gasteiger partial charge in [0.1, 0.15) is 0 Å². The Morgan fingerprint density at radius 3 is 2.50 bits per heavy atom. The molecule has 0 aliphatic heterocycles. The van der Waals surface area contributed by atoms with Gasteiger partial charge in [0.15, 0.2) is 0 Å². The molecule has 0 aliphatic rings. The van der Waals surface area contributed by atoms with Crippen LogP contribution in [0.15, 0.2) is 59.8 Å². The molecule has 0 saturated carbocycles. The van der Waals surface area contributed by atoms with Crippen molar-refractivity contribution < 1.29 is 4.52 Å². The first-order valence-electron chi connectivity index (χ1n) is 8.14. The van der Waals surface area contributed by atoms with E-state index in [1.165, 1.54) is 0 Å². The fraction of sp³-hybridized carbons (Fsp3) is 0.167. The van der Waals surface area contributed by atoms with Gasteiger partial charge in [0, 0.05) is 48.0 Å². The van der Waals surface area contributed by atoms with Gasteiger partial charge in [-0.3, -0.25) is 20.0 Å². The van der Waals surface area contributed by atoms with E-state index < -0.39 is 0 Å². The number of aromatic nitrogens is 6. The first kappa shape index (κ1) is 16.1. The second kappa shape index (κ2) is 7.24. The van der Waals surface area contributed by atoms with E-state index in [0.29, 0.717) is 24.8 Å². The van der Waals surface area contributed by atoms with Crippen LogP contribution < -0.4 is 0 Å². The summed E-state index contributed by atoms with van der Waals surface area (Å²) in [6.07, 6.45) is 8.82. The second-order valence-corrected chi connectivity index (χ2v) is 5.94. The van der Waals surface area contributed by atoms with E-state index >= 15 is 0 Å². The Bertz CT molecular complexity index is 965. The molecule has 0 fully saturated rings. The molecule has 0 spiro atoms. The smallest absolute Gasteiger partial charge is 0.241 e. The second-order valence-electron chi connectivity index (χ2n) is 5.94. The maximum Gasteiger partial charge on any atom is 0.241 e. The topological polar surface area (TPSA) is 96.6 Å². The molecule has 26 heavy (non-hydrogen) atoms. The molecule has 130 valence electrons. The van der Waals surface area contributed by atoms with Crippen LogP contribution in [0.2, 0.25) is 0 Å². The SMILES string of the molecule is CN(Cc1nc(-c2cccnc2)no1)Cc1cn[nH]c1-c1cccnc1. The van der Waals surface area contributed by atoms with Gasteiger partial charge in [0.2, 0.25) is 11.7 Å². The highest BCUT2D eigenvalue weighted by atomic mass is 16.5. The number of rotatable bonds is 6. The number of aromatic amines is 1. The van der Waals surface area contributed by atoms with Crippen LogP contribution in [0.4, 0.5) is 0 Å². The molecule has 0 unspecified atom stereocenters. The molecule has 4 aromatic rings. The van der Waals surface area contributed by atoms with Crippen LogP contribution in [0.5, 0.6) is 0 Å². The summed E-state index contributed by atoms with van der Waals surface area (Å²) in [5, 5.41) is 11.2. The highest BCUT2D eigenvalue weighted by Crippen LogP contribution is 2.21. The Morgan fingerprint density at radius 1 is 1.00 bits per heavy atom. The molecule has 0 aliphatic carbocycles. The van der Waals surface area contributed by atoms with Gasteiger partial charge in [-0.15, -0.1) is 0 Å². The lowest BCUT2D eigenvalue weighted by Crippen LogP contribution is -2.17. The Labute approximate surface area is 149 Å². The molecule has 0 amide bonds. The standard InChI is InChI=1S/C18H17N7O/c1-25(11-15-10-21-23-17(15)13-4-2-6-19-8-13)12-16-22-18(24-26-16)14-5-3-7-20-9-14/h2-10H,11-12H2,1H3,(H,21,23). The molecule has 1 N–H and O–H groups in total. The van der Waals surface area contributed by atoms with Crippen molar-refractivity contribution in [1.82, 2.24) is 35.2 Å². The maximum atomic E-state index is 5.36. The third-order valence-corrected chi connectivity index (χ3v) is 3.90. The zero-order chi connectivity index (χ0) is 17.8. The van der Waals surface area contributed by atoms with Gasteiger partial charge < -0.3 is 4.52 Å². The Morgan fingerprint density at radius 2 is 1.77 bits per heavy atom. The minimum Gasteiger partial charge on any atom is -0.338 e. The number of H-pyrrole nitrogens is 1. The van der Waals surface area contributed by atoms with Crippen molar-refractivity contribution in [3.05, 3.63) is 66.7 Å². The average Bonchev–Trinajstić information content (AvgIpc) is 3.33. The summed E-state index contributed by atoms with van der Waals surface area (Å²) in [4.78, 5) is 14.8. The number of pyridine rings is 2. The Hall–Kier alpha value is -3.39. The normalized spacial score (nSPS) is 11.2. The van der Waals surface area contributed by atoms with Crippen molar-refractivity contribution in [2.45, 2.75) is 13.1 Å². The summed E-state index contributed by atoms with van der Waals surface area (Å²) in [6.45, 7) is 1.22. The summed E-state index contributed by atoms with van der Waals surface area (Å²) in [5.41, 5.74) is 3.88. The third kappa shape index (κ3) is 3.50. The molecular formula is C18H17N7O. The van der Waals surface area contributed by atoms with E-state index in [1.54, 1.807) is 18.6 Å². The minimum absolute atomic E-state index is 0.533. The largest absolute Gasteiger partial charge is 0.338 e. The molecule has 4 heterocycles. The van der Waals surface area contributed by atoms with Crippen LogP contribution in [-0.4, -0.2) is 42.3 Å². The van der Waals surface area contributed by atoms with Crippen molar-refractivity contribution in [3.63, 3.8) is 0 Å². The molecule has 4 rings (SSSR count). The van der Waals surface area contributed by atoms with Crippen molar-refractivity contribution >= 4 is 0 Å². The monoisotopic (exact) mass is 347 g/mol. The van der Waals surface area contributed by atoms with Gasteiger partial charge in [0.25, 0.3) is 0 Å². The highest BCUT2D eigenvalue weighted by molar-refractivity contribution is 5.61. The number of nitrogens with zero attached hydrogens (tertiary/aromatic N) is 6. The van der Waals surface area contributed by atoms with E-state index in [4.69, 9.17) is 4.52 Å². The van der Waals surface area contributed by atoms with Gasteiger partial charge in [-0.1, -0.05) is 5.16 Å². The molecule has 0 bridgehead atoms. The number of hydrogen-bond donors (Lipinski definition) is 1. The first-order valence-corrected chi connectivity index (χ1v) is 8.14. The minimum atomic E-state index is 0.533. The van der Waals surface area contributed by atoms with Gasteiger partial charge in [-0.2, -0.15) is 10.1 Å². The van der Waals surface area contributed by atoms with E-state index in [9.17, 15) is 0 Å². The summed E-state index contributed by atoms with van der Waals surface area (Å²) >= 11 is 0. The Kier molecular flexibility index (Phi) is 4.48. The number of nitrogens with one attached hydrogen (secondary N) is 1. The summed E-state index contributed by atoms with van der Waals surface area (Å²) in [7, 11) is 1.99. The molecule has 8 nitrogen and oxygen atoms in total. The maximum absolute atomic E-state index is 5.36. The molecule has 4 aromatic heterocycles. The summed E-state index contributed by atoms with van der Waals surface area (Å²) in [5.74, 6) is 1.10. The van der Waals surface area contributed by atoms with Gasteiger partial charge in [-0.05, 0) is 31.3 Å². The van der Waals surface area contributed by atoms with Crippen molar-refractivity contribution in [1.29, 1.82) is 0 Å². The fourth-order valence-electron chi connectivity index (χ4n) is 2.70. The van der Waals surface area contributed by atoms with Crippen LogP contribution in [0.1, 0.15) is 11.5 Å². The van der Waals surface area contributed by atoms with Gasteiger partial charge in [-0.25, -0.2) is 0 Å². The Balaban J connectivity index is 1.45. The van der Waals surface area contributed by atoms with Crippen LogP contribution >= 0.6 is 0 Å². The zero-order valence-electron chi connectivity index (χ0n) is 14.2. The van der Waals surface area contributed by atoms with Crippen LogP contribution in [0.25, 0.3) is 22.6 Å². The van der Waals surface area contributed by atoms with E-state index in [-0.39, 0.29) is 0 Å². The molecule has 0 saturated heterocycles.